The molecule has 19 heteroatoms. The summed E-state index contributed by atoms with van der Waals surface area (Å²) in [4.78, 5) is 73.1. The minimum absolute atomic E-state index is 0.106. The van der Waals surface area contributed by atoms with Gasteiger partial charge < -0.3 is 33.8 Å². The number of aliphatic hydroxyl groups is 1. The summed E-state index contributed by atoms with van der Waals surface area (Å²) in [7, 11) is -9.92. The van der Waals surface area contributed by atoms with Crippen LogP contribution in [0.4, 0.5) is 0 Å². The maximum absolute atomic E-state index is 13.1. The summed E-state index contributed by atoms with van der Waals surface area (Å²) in [5.74, 6) is 0.200. The standard InChI is InChI=1S/C82H160O17P2/c1-8-10-11-12-13-14-15-16-17-18-19-20-21-22-23-24-29-35-44-51-58-65-81(86)98-77(69-92-79(84)63-56-49-42-34-28-26-25-27-32-39-46-53-60-73(3)4)71-96-100(88,89)94-67-76(83)68-95-101(90,91)97-72-78(70-93-80(85)64-57-50-43-38-37-40-47-54-61-74(5)6)99-82(87)66-59-52-45-36-31-30-33-41-48-55-62-75(7)9-2/h73-78,83H,8-72H2,1-7H3,(H,88,89)(H,90,91)/t75?,76-,77-,78-/m1/s1. The van der Waals surface area contributed by atoms with Crippen molar-refractivity contribution in [1.82, 2.24) is 0 Å². The number of hydrogen-bond donors (Lipinski definition) is 3. The Morgan fingerprint density at radius 1 is 0.287 bits per heavy atom. The Labute approximate surface area is 619 Å². The minimum atomic E-state index is -4.96. The van der Waals surface area contributed by atoms with E-state index < -0.39 is 97.5 Å². The van der Waals surface area contributed by atoms with Gasteiger partial charge in [0.25, 0.3) is 0 Å². The first-order chi connectivity index (χ1) is 48.8. The minimum Gasteiger partial charge on any atom is -0.462 e. The molecule has 0 aliphatic rings. The van der Waals surface area contributed by atoms with Crippen LogP contribution in [0.2, 0.25) is 0 Å². The van der Waals surface area contributed by atoms with Crippen LogP contribution in [0, 0.1) is 17.8 Å². The third-order valence-corrected chi connectivity index (χ3v) is 21.4. The highest BCUT2D eigenvalue weighted by atomic mass is 31.2. The number of phosphoric acid groups is 2. The lowest BCUT2D eigenvalue weighted by atomic mass is 9.99. The van der Waals surface area contributed by atoms with Crippen molar-refractivity contribution in [2.75, 3.05) is 39.6 Å². The third kappa shape index (κ3) is 74.7. The third-order valence-electron chi connectivity index (χ3n) is 19.5. The molecule has 3 unspecified atom stereocenters. The number of unbranched alkanes of at least 4 members (excludes halogenated alkanes) is 47. The molecule has 0 aromatic carbocycles. The molecule has 0 radical (unpaired) electrons. The fourth-order valence-electron chi connectivity index (χ4n) is 12.6. The quantitative estimate of drug-likeness (QED) is 0.0222. The summed E-state index contributed by atoms with van der Waals surface area (Å²) in [6.45, 7) is 11.9. The topological polar surface area (TPSA) is 237 Å². The summed E-state index contributed by atoms with van der Waals surface area (Å²) >= 11 is 0. The highest BCUT2D eigenvalue weighted by molar-refractivity contribution is 7.47. The van der Waals surface area contributed by atoms with Gasteiger partial charge in [-0.2, -0.15) is 0 Å². The first-order valence-electron chi connectivity index (χ1n) is 42.4. The van der Waals surface area contributed by atoms with E-state index in [1.807, 2.05) is 0 Å². The molecule has 0 aliphatic carbocycles. The molecule has 0 spiro atoms. The van der Waals surface area contributed by atoms with Crippen LogP contribution in [0.1, 0.15) is 427 Å². The molecule has 0 aromatic heterocycles. The molecule has 0 saturated carbocycles. The van der Waals surface area contributed by atoms with Gasteiger partial charge in [0.1, 0.15) is 19.3 Å². The first kappa shape index (κ1) is 99.1. The Kier molecular flexibility index (Phi) is 70.9. The average Bonchev–Trinajstić information content (AvgIpc) is 0.920. The summed E-state index contributed by atoms with van der Waals surface area (Å²) in [5, 5.41) is 10.6. The zero-order valence-electron chi connectivity index (χ0n) is 66.4. The molecule has 0 aliphatic heterocycles. The van der Waals surface area contributed by atoms with Gasteiger partial charge in [-0.25, -0.2) is 9.13 Å². The van der Waals surface area contributed by atoms with Crippen molar-refractivity contribution in [3.63, 3.8) is 0 Å². The van der Waals surface area contributed by atoms with Gasteiger partial charge >= 0.3 is 39.5 Å². The maximum Gasteiger partial charge on any atom is 0.472 e. The lowest BCUT2D eigenvalue weighted by molar-refractivity contribution is -0.161. The van der Waals surface area contributed by atoms with E-state index in [-0.39, 0.29) is 25.7 Å². The molecule has 0 bridgehead atoms. The zero-order chi connectivity index (χ0) is 74.4. The summed E-state index contributed by atoms with van der Waals surface area (Å²) < 4.78 is 68.8. The van der Waals surface area contributed by atoms with Crippen LogP contribution in [0.5, 0.6) is 0 Å². The predicted octanol–water partition coefficient (Wildman–Crippen LogP) is 24.5. The summed E-state index contributed by atoms with van der Waals surface area (Å²) in [5.41, 5.74) is 0. The maximum atomic E-state index is 13.1. The number of phosphoric ester groups is 2. The highest BCUT2D eigenvalue weighted by Crippen LogP contribution is 2.45. The SMILES string of the molecule is CCCCCCCCCCCCCCCCCCCCCCCC(=O)O[C@H](COC(=O)CCCCCCCCCCCCCCC(C)C)COP(=O)(O)OC[C@@H](O)COP(=O)(O)OC[C@@H](COC(=O)CCCCCCCCCCC(C)C)OC(=O)CCCCCCCCCCCCC(C)CC. The van der Waals surface area contributed by atoms with Crippen LogP contribution in [-0.4, -0.2) is 96.7 Å². The van der Waals surface area contributed by atoms with Gasteiger partial charge in [-0.15, -0.1) is 0 Å². The average molecular weight is 1480 g/mol. The predicted molar refractivity (Wildman–Crippen MR) is 414 cm³/mol. The number of carbonyl (C=O) groups is 4. The highest BCUT2D eigenvalue weighted by Gasteiger charge is 2.30. The molecule has 6 atom stereocenters. The van der Waals surface area contributed by atoms with E-state index in [2.05, 4.69) is 48.5 Å². The van der Waals surface area contributed by atoms with Crippen molar-refractivity contribution in [1.29, 1.82) is 0 Å². The molecule has 0 heterocycles. The Balaban J connectivity index is 5.24. The van der Waals surface area contributed by atoms with Gasteiger partial charge in [0.15, 0.2) is 12.2 Å². The van der Waals surface area contributed by atoms with Gasteiger partial charge in [0, 0.05) is 25.7 Å². The van der Waals surface area contributed by atoms with E-state index in [1.165, 1.54) is 238 Å². The van der Waals surface area contributed by atoms with E-state index in [4.69, 9.17) is 37.0 Å². The van der Waals surface area contributed by atoms with Crippen LogP contribution in [0.15, 0.2) is 0 Å². The molecule has 0 fully saturated rings. The van der Waals surface area contributed by atoms with Crippen molar-refractivity contribution in [3.8, 4) is 0 Å². The molecule has 0 amide bonds. The van der Waals surface area contributed by atoms with Crippen molar-refractivity contribution in [2.45, 2.75) is 446 Å². The lowest BCUT2D eigenvalue weighted by Crippen LogP contribution is -2.30. The second-order valence-corrected chi connectivity index (χ2v) is 33.6. The molecule has 600 valence electrons. The molecule has 17 nitrogen and oxygen atoms in total. The van der Waals surface area contributed by atoms with E-state index in [9.17, 15) is 43.2 Å². The number of ether oxygens (including phenoxy) is 4. The van der Waals surface area contributed by atoms with E-state index >= 15 is 0 Å². The fraction of sp³-hybridized carbons (Fsp3) is 0.951. The number of rotatable bonds is 80. The smallest absolute Gasteiger partial charge is 0.462 e. The largest absolute Gasteiger partial charge is 0.472 e. The Hall–Kier alpha value is -1.94. The fourth-order valence-corrected chi connectivity index (χ4v) is 14.2. The van der Waals surface area contributed by atoms with E-state index in [1.54, 1.807) is 0 Å². The number of hydrogen-bond acceptors (Lipinski definition) is 15. The van der Waals surface area contributed by atoms with Gasteiger partial charge in [0.2, 0.25) is 0 Å². The molecule has 0 rings (SSSR count). The number of carbonyl (C=O) groups excluding carboxylic acids is 4. The van der Waals surface area contributed by atoms with Crippen molar-refractivity contribution in [2.24, 2.45) is 17.8 Å². The Bertz CT molecular complexity index is 1960. The zero-order valence-corrected chi connectivity index (χ0v) is 68.2. The summed E-state index contributed by atoms with van der Waals surface area (Å²) in [6.07, 6.45) is 61.1. The van der Waals surface area contributed by atoms with Gasteiger partial charge in [-0.3, -0.25) is 37.3 Å². The van der Waals surface area contributed by atoms with E-state index in [0.29, 0.717) is 25.7 Å². The van der Waals surface area contributed by atoms with Crippen molar-refractivity contribution >= 4 is 39.5 Å². The van der Waals surface area contributed by atoms with E-state index in [0.717, 1.165) is 108 Å². The van der Waals surface area contributed by atoms with Crippen LogP contribution in [0.25, 0.3) is 0 Å². The second-order valence-electron chi connectivity index (χ2n) is 30.7. The molecular formula is C82H160O17P2. The van der Waals surface area contributed by atoms with Gasteiger partial charge in [-0.1, -0.05) is 376 Å². The monoisotopic (exact) mass is 1480 g/mol. The Morgan fingerprint density at radius 2 is 0.505 bits per heavy atom. The molecule has 0 aromatic rings. The van der Waals surface area contributed by atoms with Crippen LogP contribution < -0.4 is 0 Å². The van der Waals surface area contributed by atoms with Gasteiger partial charge in [0.05, 0.1) is 26.4 Å². The van der Waals surface area contributed by atoms with Crippen LogP contribution in [0.3, 0.4) is 0 Å². The molecule has 3 N–H and O–H groups in total. The second kappa shape index (κ2) is 72.3. The number of esters is 4. The molecular weight excluding hydrogens is 1320 g/mol. The lowest BCUT2D eigenvalue weighted by Gasteiger charge is -2.21. The van der Waals surface area contributed by atoms with Crippen LogP contribution >= 0.6 is 15.6 Å². The summed E-state index contributed by atoms with van der Waals surface area (Å²) in [6, 6.07) is 0. The molecule has 101 heavy (non-hydrogen) atoms. The molecule has 0 saturated heterocycles. The van der Waals surface area contributed by atoms with Crippen molar-refractivity contribution in [3.05, 3.63) is 0 Å². The first-order valence-corrected chi connectivity index (χ1v) is 45.4. The number of aliphatic hydroxyl groups excluding tert-OH is 1. The van der Waals surface area contributed by atoms with Crippen molar-refractivity contribution < 1.29 is 80.2 Å². The van der Waals surface area contributed by atoms with Crippen LogP contribution in [-0.2, 0) is 65.4 Å². The normalized spacial score (nSPS) is 14.2. The Morgan fingerprint density at radius 3 is 0.752 bits per heavy atom. The van der Waals surface area contributed by atoms with Gasteiger partial charge in [-0.05, 0) is 43.4 Å².